The molecule has 2 N–H and O–H groups in total. The molecule has 0 saturated carbocycles. The summed E-state index contributed by atoms with van der Waals surface area (Å²) in [7, 11) is 0. The summed E-state index contributed by atoms with van der Waals surface area (Å²) >= 11 is 1.88. The van der Waals surface area contributed by atoms with Crippen molar-refractivity contribution in [2.24, 2.45) is 0 Å². The Labute approximate surface area is 119 Å². The van der Waals surface area contributed by atoms with E-state index >= 15 is 0 Å². The molecule has 0 aromatic heterocycles. The van der Waals surface area contributed by atoms with E-state index in [9.17, 15) is 14.7 Å². The molecule has 0 aliphatic carbocycles. The second-order valence-electron chi connectivity index (χ2n) is 5.16. The molecule has 0 radical (unpaired) electrons. The lowest BCUT2D eigenvalue weighted by Crippen LogP contribution is -2.57. The fraction of sp³-hybridized carbons (Fsp3) is 0.846. The van der Waals surface area contributed by atoms with Gasteiger partial charge in [-0.05, 0) is 19.8 Å². The van der Waals surface area contributed by atoms with Gasteiger partial charge in [0.1, 0.15) is 5.54 Å². The molecule has 6 heteroatoms. The third kappa shape index (κ3) is 4.30. The average molecular weight is 288 g/mol. The fourth-order valence-electron chi connectivity index (χ4n) is 2.19. The first-order valence-electron chi connectivity index (χ1n) is 6.85. The van der Waals surface area contributed by atoms with Crippen molar-refractivity contribution in [2.75, 3.05) is 18.8 Å². The Hall–Kier alpha value is -0.910. The van der Waals surface area contributed by atoms with Crippen LogP contribution in [0.4, 0.5) is 4.79 Å². The largest absolute Gasteiger partial charge is 0.480 e. The van der Waals surface area contributed by atoms with Gasteiger partial charge in [0, 0.05) is 24.1 Å². The Balaban J connectivity index is 2.64. The maximum absolute atomic E-state index is 12.2. The number of nitrogens with one attached hydrogen (secondary N) is 1. The van der Waals surface area contributed by atoms with E-state index in [4.69, 9.17) is 0 Å². The van der Waals surface area contributed by atoms with Crippen LogP contribution in [-0.2, 0) is 4.79 Å². The van der Waals surface area contributed by atoms with Gasteiger partial charge in [0.15, 0.2) is 0 Å². The molecule has 0 bridgehead atoms. The number of hydrogen-bond donors (Lipinski definition) is 2. The summed E-state index contributed by atoms with van der Waals surface area (Å²) < 4.78 is 0. The molecule has 1 heterocycles. The molecule has 19 heavy (non-hydrogen) atoms. The number of carbonyl (C=O) groups excluding carboxylic acids is 1. The first-order chi connectivity index (χ1) is 8.92. The van der Waals surface area contributed by atoms with E-state index in [1.165, 1.54) is 0 Å². The van der Waals surface area contributed by atoms with E-state index in [1.807, 2.05) is 18.7 Å². The standard InChI is InChI=1S/C13H24N2O3S/c1-4-6-13(3,11(16)17)14-12(18)15-7-8-19-10(5-2)9-15/h10H,4-9H2,1-3H3,(H,14,18)(H,16,17). The van der Waals surface area contributed by atoms with Crippen LogP contribution in [0.5, 0.6) is 0 Å². The summed E-state index contributed by atoms with van der Waals surface area (Å²) in [5.41, 5.74) is -1.17. The van der Waals surface area contributed by atoms with Crippen molar-refractivity contribution in [3.63, 3.8) is 0 Å². The Morgan fingerprint density at radius 3 is 2.68 bits per heavy atom. The first kappa shape index (κ1) is 16.1. The predicted molar refractivity (Wildman–Crippen MR) is 77.6 cm³/mol. The number of carbonyl (C=O) groups is 2. The molecule has 0 aromatic rings. The third-order valence-corrected chi connectivity index (χ3v) is 4.86. The monoisotopic (exact) mass is 288 g/mol. The summed E-state index contributed by atoms with van der Waals surface area (Å²) in [6, 6.07) is -0.253. The maximum atomic E-state index is 12.2. The number of amides is 2. The highest BCUT2D eigenvalue weighted by molar-refractivity contribution is 8.00. The normalized spacial score (nSPS) is 22.7. The molecule has 2 atom stereocenters. The lowest BCUT2D eigenvalue weighted by atomic mass is 9.96. The lowest BCUT2D eigenvalue weighted by Gasteiger charge is -2.35. The van der Waals surface area contributed by atoms with Crippen LogP contribution in [0.25, 0.3) is 0 Å². The number of aliphatic carboxylic acids is 1. The van der Waals surface area contributed by atoms with Crippen LogP contribution >= 0.6 is 11.8 Å². The van der Waals surface area contributed by atoms with Crippen molar-refractivity contribution in [2.45, 2.75) is 50.8 Å². The van der Waals surface area contributed by atoms with Crippen molar-refractivity contribution >= 4 is 23.8 Å². The molecule has 110 valence electrons. The molecular formula is C13H24N2O3S. The molecule has 0 spiro atoms. The highest BCUT2D eigenvalue weighted by atomic mass is 32.2. The maximum Gasteiger partial charge on any atom is 0.329 e. The van der Waals surface area contributed by atoms with E-state index in [1.54, 1.807) is 11.8 Å². The van der Waals surface area contributed by atoms with Crippen LogP contribution in [-0.4, -0.2) is 51.6 Å². The van der Waals surface area contributed by atoms with Gasteiger partial charge in [-0.25, -0.2) is 9.59 Å². The Morgan fingerprint density at radius 2 is 2.16 bits per heavy atom. The van der Waals surface area contributed by atoms with Crippen molar-refractivity contribution in [1.29, 1.82) is 0 Å². The zero-order valence-electron chi connectivity index (χ0n) is 11.9. The second kappa shape index (κ2) is 7.03. The van der Waals surface area contributed by atoms with Crippen LogP contribution < -0.4 is 5.32 Å². The minimum absolute atomic E-state index is 0.253. The zero-order valence-corrected chi connectivity index (χ0v) is 12.8. The van der Waals surface area contributed by atoms with Gasteiger partial charge in [-0.1, -0.05) is 20.3 Å². The molecule has 1 fully saturated rings. The van der Waals surface area contributed by atoms with E-state index in [0.717, 1.165) is 18.6 Å². The predicted octanol–water partition coefficient (Wildman–Crippen LogP) is 2.17. The van der Waals surface area contributed by atoms with Gasteiger partial charge in [-0.3, -0.25) is 0 Å². The summed E-state index contributed by atoms with van der Waals surface area (Å²) in [6.07, 6.45) is 2.18. The quantitative estimate of drug-likeness (QED) is 0.813. The highest BCUT2D eigenvalue weighted by Gasteiger charge is 2.36. The Morgan fingerprint density at radius 1 is 1.47 bits per heavy atom. The number of carboxylic acid groups (broad SMARTS) is 1. The minimum atomic E-state index is -1.17. The number of rotatable bonds is 5. The first-order valence-corrected chi connectivity index (χ1v) is 7.90. The lowest BCUT2D eigenvalue weighted by molar-refractivity contribution is -0.144. The van der Waals surface area contributed by atoms with Gasteiger partial charge < -0.3 is 15.3 Å². The minimum Gasteiger partial charge on any atom is -0.480 e. The van der Waals surface area contributed by atoms with Crippen molar-refractivity contribution in [1.82, 2.24) is 10.2 Å². The number of nitrogens with zero attached hydrogens (tertiary/aromatic N) is 1. The van der Waals surface area contributed by atoms with Crippen LogP contribution in [0, 0.1) is 0 Å². The van der Waals surface area contributed by atoms with E-state index in [0.29, 0.717) is 24.8 Å². The summed E-state index contributed by atoms with van der Waals surface area (Å²) in [5.74, 6) is -0.0511. The van der Waals surface area contributed by atoms with Gasteiger partial charge in [0.05, 0.1) is 0 Å². The smallest absolute Gasteiger partial charge is 0.329 e. The van der Waals surface area contributed by atoms with Gasteiger partial charge in [-0.2, -0.15) is 11.8 Å². The molecule has 1 aliphatic rings. The third-order valence-electron chi connectivity index (χ3n) is 3.49. The SMILES string of the molecule is CCCC(C)(NC(=O)N1CCSC(CC)C1)C(=O)O. The summed E-state index contributed by atoms with van der Waals surface area (Å²) in [4.78, 5) is 25.2. The van der Waals surface area contributed by atoms with E-state index in [2.05, 4.69) is 12.2 Å². The van der Waals surface area contributed by atoms with Gasteiger partial charge in [0.2, 0.25) is 0 Å². The molecular weight excluding hydrogens is 264 g/mol. The second-order valence-corrected chi connectivity index (χ2v) is 6.57. The molecule has 1 saturated heterocycles. The van der Waals surface area contributed by atoms with Gasteiger partial charge in [0.25, 0.3) is 0 Å². The number of hydrogen-bond acceptors (Lipinski definition) is 3. The zero-order chi connectivity index (χ0) is 14.5. The van der Waals surface area contributed by atoms with Gasteiger partial charge in [-0.15, -0.1) is 0 Å². The molecule has 1 rings (SSSR count). The van der Waals surface area contributed by atoms with E-state index < -0.39 is 11.5 Å². The number of urea groups is 1. The van der Waals surface area contributed by atoms with Gasteiger partial charge >= 0.3 is 12.0 Å². The highest BCUT2D eigenvalue weighted by Crippen LogP contribution is 2.22. The van der Waals surface area contributed by atoms with Crippen LogP contribution in [0.2, 0.25) is 0 Å². The fourth-order valence-corrected chi connectivity index (χ4v) is 3.37. The summed E-state index contributed by atoms with van der Waals surface area (Å²) in [5, 5.41) is 12.4. The van der Waals surface area contributed by atoms with Crippen LogP contribution in [0.15, 0.2) is 0 Å². The van der Waals surface area contributed by atoms with Crippen LogP contribution in [0.1, 0.15) is 40.0 Å². The summed E-state index contributed by atoms with van der Waals surface area (Å²) in [6.45, 7) is 6.99. The molecule has 2 unspecified atom stereocenters. The molecule has 2 amide bonds. The Bertz CT molecular complexity index is 338. The van der Waals surface area contributed by atoms with Crippen molar-refractivity contribution in [3.8, 4) is 0 Å². The Kier molecular flexibility index (Phi) is 5.97. The molecule has 0 aromatic carbocycles. The molecule has 5 nitrogen and oxygen atoms in total. The topological polar surface area (TPSA) is 69.6 Å². The molecule has 1 aliphatic heterocycles. The van der Waals surface area contributed by atoms with Crippen molar-refractivity contribution in [3.05, 3.63) is 0 Å². The van der Waals surface area contributed by atoms with Crippen LogP contribution in [0.3, 0.4) is 0 Å². The van der Waals surface area contributed by atoms with Crippen molar-refractivity contribution < 1.29 is 14.7 Å². The number of carboxylic acids is 1. The van der Waals surface area contributed by atoms with E-state index in [-0.39, 0.29) is 6.03 Å². The average Bonchev–Trinajstić information content (AvgIpc) is 2.38. The number of thioether (sulfide) groups is 1.